The summed E-state index contributed by atoms with van der Waals surface area (Å²) >= 11 is 3.39. The number of esters is 1. The number of ether oxygens (including phenoxy) is 1. The number of H-pyrrole nitrogens is 1. The summed E-state index contributed by atoms with van der Waals surface area (Å²) in [7, 11) is 2.04. The monoisotopic (exact) mass is 610 g/mol. The van der Waals surface area contributed by atoms with Gasteiger partial charge in [0.2, 0.25) is 0 Å². The van der Waals surface area contributed by atoms with Gasteiger partial charge < -0.3 is 25.3 Å². The molecule has 2 aliphatic carbocycles. The van der Waals surface area contributed by atoms with Crippen LogP contribution in [0.2, 0.25) is 0 Å². The highest BCUT2D eigenvalue weighted by atomic mass is 79.9. The van der Waals surface area contributed by atoms with Gasteiger partial charge in [-0.25, -0.2) is 14.8 Å². The molecule has 9 heteroatoms. The maximum atomic E-state index is 12.7. The van der Waals surface area contributed by atoms with E-state index >= 15 is 0 Å². The first-order chi connectivity index (χ1) is 19.0. The van der Waals surface area contributed by atoms with Crippen LogP contribution in [0.4, 0.5) is 17.3 Å². The molecular weight excluding hydrogens is 568 g/mol. The molecule has 216 valence electrons. The fourth-order valence-electron chi connectivity index (χ4n) is 7.48. The lowest BCUT2D eigenvalue weighted by Gasteiger charge is -2.58. The fourth-order valence-corrected chi connectivity index (χ4v) is 7.82. The van der Waals surface area contributed by atoms with E-state index in [0.717, 1.165) is 54.9 Å². The first-order valence-electron chi connectivity index (χ1n) is 14.5. The molecule has 8 nitrogen and oxygen atoms in total. The summed E-state index contributed by atoms with van der Waals surface area (Å²) in [4.78, 5) is 28.6. The molecule has 1 saturated carbocycles. The molecule has 1 fully saturated rings. The average molecular weight is 612 g/mol. The second-order valence-electron chi connectivity index (χ2n) is 12.6. The molecule has 5 rings (SSSR count). The van der Waals surface area contributed by atoms with Crippen LogP contribution in [0.1, 0.15) is 76.7 Å². The van der Waals surface area contributed by atoms with Gasteiger partial charge in [0.1, 0.15) is 24.3 Å². The van der Waals surface area contributed by atoms with E-state index in [9.17, 15) is 4.79 Å². The quantitative estimate of drug-likeness (QED) is 0.252. The largest absolute Gasteiger partial charge is 0.456 e. The number of nitrogens with one attached hydrogen (secondary N) is 1. The highest BCUT2D eigenvalue weighted by molar-refractivity contribution is 9.10. The van der Waals surface area contributed by atoms with Crippen molar-refractivity contribution in [3.63, 3.8) is 0 Å². The Bertz CT molecular complexity index is 1320. The molecular formula is C31H43BrN6O2. The van der Waals surface area contributed by atoms with Crippen LogP contribution in [0, 0.1) is 22.7 Å². The molecule has 3 N–H and O–H groups in total. The minimum atomic E-state index is -0.301. The Morgan fingerprint density at radius 3 is 2.88 bits per heavy atom. The van der Waals surface area contributed by atoms with Crippen LogP contribution in [0.15, 0.2) is 46.4 Å². The van der Waals surface area contributed by atoms with E-state index in [1.807, 2.05) is 7.05 Å². The number of carbonyl (C=O) groups excluding carboxylic acids is 1. The van der Waals surface area contributed by atoms with Gasteiger partial charge in [-0.15, -0.1) is 0 Å². The van der Waals surface area contributed by atoms with E-state index in [4.69, 9.17) is 10.5 Å². The summed E-state index contributed by atoms with van der Waals surface area (Å²) in [5.74, 6) is 2.34. The van der Waals surface area contributed by atoms with E-state index in [0.29, 0.717) is 30.0 Å². The average Bonchev–Trinajstić information content (AvgIpc) is 3.51. The van der Waals surface area contributed by atoms with Crippen LogP contribution < -0.4 is 15.5 Å². The summed E-state index contributed by atoms with van der Waals surface area (Å²) < 4.78 is 6.66. The van der Waals surface area contributed by atoms with Crippen molar-refractivity contribution in [2.75, 3.05) is 42.4 Å². The van der Waals surface area contributed by atoms with E-state index < -0.39 is 0 Å². The van der Waals surface area contributed by atoms with Gasteiger partial charge in [0.05, 0.1) is 6.67 Å². The first-order valence-corrected chi connectivity index (χ1v) is 15.2. The highest BCUT2D eigenvalue weighted by Gasteiger charge is 2.53. The lowest BCUT2D eigenvalue weighted by Crippen LogP contribution is -2.50. The zero-order valence-corrected chi connectivity index (χ0v) is 26.1. The number of nitrogens with two attached hydrogens (primary N) is 1. The number of fused-ring (bicyclic) bond motifs is 2. The van der Waals surface area contributed by atoms with E-state index in [1.54, 1.807) is 12.3 Å². The van der Waals surface area contributed by atoms with Crippen LogP contribution >= 0.6 is 15.9 Å². The molecule has 0 saturated heterocycles. The maximum Gasteiger partial charge on any atom is 0.355 e. The molecule has 0 spiro atoms. The second-order valence-corrected chi connectivity index (χ2v) is 13.5. The van der Waals surface area contributed by atoms with E-state index in [-0.39, 0.29) is 16.8 Å². The fraction of sp³-hybridized carbons (Fsp3) is 0.581. The van der Waals surface area contributed by atoms with Crippen LogP contribution in [0.3, 0.4) is 0 Å². The van der Waals surface area contributed by atoms with Gasteiger partial charge in [-0.3, -0.25) is 0 Å². The third-order valence-electron chi connectivity index (χ3n) is 10.2. The molecule has 0 bridgehead atoms. The smallest absolute Gasteiger partial charge is 0.355 e. The minimum absolute atomic E-state index is 0.0507. The lowest BCUT2D eigenvalue weighted by atomic mass is 9.47. The first kappa shape index (κ1) is 28.7. The number of allylic oxidation sites excluding steroid dienone is 2. The molecule has 2 aromatic heterocycles. The van der Waals surface area contributed by atoms with Gasteiger partial charge in [0.25, 0.3) is 0 Å². The van der Waals surface area contributed by atoms with Gasteiger partial charge >= 0.3 is 5.97 Å². The van der Waals surface area contributed by atoms with Gasteiger partial charge in [-0.1, -0.05) is 38.5 Å². The predicted octanol–water partition coefficient (Wildman–Crippen LogP) is 6.73. The Morgan fingerprint density at radius 1 is 1.32 bits per heavy atom. The number of carbonyl (C=O) groups is 1. The number of rotatable bonds is 8. The molecule has 0 amide bonds. The molecule has 3 heterocycles. The lowest BCUT2D eigenvalue weighted by molar-refractivity contribution is -0.0516. The van der Waals surface area contributed by atoms with Crippen molar-refractivity contribution < 1.29 is 9.53 Å². The Kier molecular flexibility index (Phi) is 8.06. The number of nitrogen functional groups attached to an aromatic ring is 1. The van der Waals surface area contributed by atoms with Crippen molar-refractivity contribution in [1.29, 1.82) is 0 Å². The summed E-state index contributed by atoms with van der Waals surface area (Å²) in [6.45, 7) is 11.6. The van der Waals surface area contributed by atoms with Crippen molar-refractivity contribution in [3.8, 4) is 0 Å². The van der Waals surface area contributed by atoms with Crippen LogP contribution in [-0.4, -0.2) is 47.8 Å². The zero-order chi connectivity index (χ0) is 28.7. The number of nitrogens with zero attached hydrogens (tertiary/aromatic N) is 4. The molecule has 3 aliphatic rings. The van der Waals surface area contributed by atoms with Crippen molar-refractivity contribution in [2.24, 2.45) is 22.7 Å². The van der Waals surface area contributed by atoms with Gasteiger partial charge in [-0.05, 0) is 95.7 Å². The third kappa shape index (κ3) is 5.29. The Hall–Kier alpha value is -2.81. The standard InChI is InChI=1S/C31H43BrN6O2/c1-20(11-14-38-19-37(5)28-26(38)27(33)35-18-36-28)9-12-30(3)21(2)10-13-31(4)22(7-6-8-25(30)31)17-40-29(39)24-15-23(32)16-34-24/h7,11,15-16,18,21,25,34H,6,8-10,12-14,17,19H2,1-5H3,(H2,33,35,36)/b20-11+/t21-,25-,30+,31+/m0/s1. The molecule has 0 aromatic carbocycles. The maximum absolute atomic E-state index is 12.7. The number of hydrogen-bond donors (Lipinski definition) is 2. The number of aromatic nitrogens is 3. The van der Waals surface area contributed by atoms with Crippen molar-refractivity contribution in [1.82, 2.24) is 15.0 Å². The SMILES string of the molecule is C/C(=C\CN1CN(C)c2ncnc(N)c21)CC[C@]1(C)[C@@H](C)CC[C@]2(C)C(COC(=O)c3cc(Br)c[nH]3)=CCC[C@@H]12. The predicted molar refractivity (Wildman–Crippen MR) is 164 cm³/mol. The zero-order valence-electron chi connectivity index (χ0n) is 24.5. The van der Waals surface area contributed by atoms with Crippen LogP contribution in [0.5, 0.6) is 0 Å². The number of aromatic amines is 1. The molecule has 1 aliphatic heterocycles. The number of hydrogen-bond acceptors (Lipinski definition) is 7. The third-order valence-corrected chi connectivity index (χ3v) is 10.7. The molecule has 40 heavy (non-hydrogen) atoms. The summed E-state index contributed by atoms with van der Waals surface area (Å²) in [6.07, 6.45) is 14.8. The van der Waals surface area contributed by atoms with Crippen molar-refractivity contribution >= 4 is 39.2 Å². The molecule has 0 radical (unpaired) electrons. The van der Waals surface area contributed by atoms with E-state index in [2.05, 4.69) is 80.5 Å². The molecule has 4 atom stereocenters. The van der Waals surface area contributed by atoms with Crippen molar-refractivity contribution in [3.05, 3.63) is 52.1 Å². The Morgan fingerprint density at radius 2 is 2.12 bits per heavy atom. The Balaban J connectivity index is 1.24. The summed E-state index contributed by atoms with van der Waals surface area (Å²) in [6, 6.07) is 1.76. The minimum Gasteiger partial charge on any atom is -0.456 e. The number of anilines is 3. The topological polar surface area (TPSA) is 100 Å². The molecule has 0 unspecified atom stereocenters. The van der Waals surface area contributed by atoms with Gasteiger partial charge in [0.15, 0.2) is 11.6 Å². The van der Waals surface area contributed by atoms with Crippen LogP contribution in [-0.2, 0) is 4.74 Å². The van der Waals surface area contributed by atoms with E-state index in [1.165, 1.54) is 30.3 Å². The molecule has 2 aromatic rings. The Labute approximate surface area is 246 Å². The number of halogens is 1. The normalized spacial score (nSPS) is 28.2. The second kappa shape index (κ2) is 11.2. The van der Waals surface area contributed by atoms with Crippen molar-refractivity contribution in [2.45, 2.75) is 66.2 Å². The van der Waals surface area contributed by atoms with Crippen LogP contribution in [0.25, 0.3) is 0 Å². The van der Waals surface area contributed by atoms with Gasteiger partial charge in [0, 0.05) is 24.3 Å². The highest BCUT2D eigenvalue weighted by Crippen LogP contribution is 2.62. The van der Waals surface area contributed by atoms with Gasteiger partial charge in [-0.2, -0.15) is 0 Å². The summed E-state index contributed by atoms with van der Waals surface area (Å²) in [5, 5.41) is 0. The summed E-state index contributed by atoms with van der Waals surface area (Å²) in [5.41, 5.74) is 10.6.